The summed E-state index contributed by atoms with van der Waals surface area (Å²) in [7, 11) is -4.03. The fourth-order valence-corrected chi connectivity index (χ4v) is 17.2. The molecule has 4 heterocycles. The molecule has 26 heteroatoms. The summed E-state index contributed by atoms with van der Waals surface area (Å²) in [5, 5.41) is 47.3. The van der Waals surface area contributed by atoms with Gasteiger partial charge in [-0.3, -0.25) is 23.7 Å². The zero-order valence-corrected chi connectivity index (χ0v) is 55.4. The van der Waals surface area contributed by atoms with Gasteiger partial charge in [0.15, 0.2) is 0 Å². The number of carbonyl (C=O) groups excluding carboxylic acids is 4. The maximum absolute atomic E-state index is 13.7. The Labute approximate surface area is 553 Å². The number of ether oxygens (including phenoxy) is 2. The lowest BCUT2D eigenvalue weighted by molar-refractivity contribution is -0.123. The smallest absolute Gasteiger partial charge is 0.314 e. The van der Waals surface area contributed by atoms with Crippen molar-refractivity contribution in [3.05, 3.63) is 116 Å². The monoisotopic (exact) mass is 1340 g/mol. The fraction of sp³-hybridized carbons (Fsp3) is 0.530. The Hall–Kier alpha value is -6.55. The van der Waals surface area contributed by atoms with Crippen LogP contribution in [0.25, 0.3) is 0 Å². The zero-order valence-electron chi connectivity index (χ0n) is 52.3. The summed E-state index contributed by atoms with van der Waals surface area (Å²) in [6.45, 7) is 12.9. The molecule has 4 aromatic rings. The molecular formula is C66H86Cl2N14O8S2. The van der Waals surface area contributed by atoms with Crippen molar-refractivity contribution in [2.75, 3.05) is 105 Å². The molecule has 8 N–H and O–H groups in total. The Kier molecular flexibility index (Phi) is 24.5. The van der Waals surface area contributed by atoms with Crippen molar-refractivity contribution >= 4 is 73.1 Å². The molecule has 4 saturated heterocycles. The number of hydrogen-bond acceptors (Lipinski definition) is 15. The average molecular weight is 1340 g/mol. The molecular weight excluding hydrogens is 1250 g/mol. The van der Waals surface area contributed by atoms with Crippen LogP contribution in [0.2, 0.25) is 10.0 Å². The summed E-state index contributed by atoms with van der Waals surface area (Å²) < 4.78 is 44.8. The highest BCUT2D eigenvalue weighted by molar-refractivity contribution is 8.13. The van der Waals surface area contributed by atoms with E-state index in [-0.39, 0.29) is 95.3 Å². The normalized spacial score (nSPS) is 21.2. The van der Waals surface area contributed by atoms with E-state index in [0.29, 0.717) is 104 Å². The van der Waals surface area contributed by atoms with E-state index in [1.165, 1.54) is 9.20 Å². The predicted molar refractivity (Wildman–Crippen MR) is 357 cm³/mol. The summed E-state index contributed by atoms with van der Waals surface area (Å²) in [6.07, 6.45) is 6.15. The largest absolute Gasteiger partial charge is 0.484 e. The number of piperazine rings is 2. The lowest BCUT2D eigenvalue weighted by atomic mass is 10.0. The third-order valence-corrected chi connectivity index (χ3v) is 22.7. The Morgan fingerprint density at radius 2 is 1.01 bits per heavy atom. The second kappa shape index (κ2) is 33.0. The van der Waals surface area contributed by atoms with Gasteiger partial charge in [-0.05, 0) is 172 Å². The summed E-state index contributed by atoms with van der Waals surface area (Å²) in [5.41, 5.74) is 4.99. The number of unbranched alkanes of at least 4 members (excludes halogenated alkanes) is 1. The predicted octanol–water partition coefficient (Wildman–Crippen LogP) is 6.49. The van der Waals surface area contributed by atoms with Crippen LogP contribution in [-0.2, 0) is 32.5 Å². The molecule has 0 bridgehead atoms. The van der Waals surface area contributed by atoms with Crippen molar-refractivity contribution in [1.82, 2.24) is 60.9 Å². The van der Waals surface area contributed by atoms with Gasteiger partial charge in [0.1, 0.15) is 23.7 Å². The molecule has 0 aromatic heterocycles. The minimum Gasteiger partial charge on any atom is -0.484 e. The first-order valence-corrected chi connectivity index (χ1v) is 35.9. The van der Waals surface area contributed by atoms with E-state index >= 15 is 0 Å². The SMILES string of the molecule is C/C=S(\c1ccc(O[C@H]2c3cc(Cl)cc(C#N)c3C[C@@H]2N2CCNCC2)cc1)N1CCC(NC(=O)CCCNC(=O)NCCCCNC(=O)NCCCC(=O)NC2CCN(S(=O)(=O)c3ccc(O[C@H]4c5cc(Cl)cc(C#N)c5C[C@@H]4N4CCNCC4)cc3)CC2)CC1. The number of piperidine rings is 2. The summed E-state index contributed by atoms with van der Waals surface area (Å²) >= 11 is 13.0. The molecule has 22 nitrogen and oxygen atoms in total. The van der Waals surface area contributed by atoms with E-state index in [0.717, 1.165) is 113 Å². The highest BCUT2D eigenvalue weighted by Gasteiger charge is 2.42. The first kappa shape index (κ1) is 68.3. The van der Waals surface area contributed by atoms with Gasteiger partial charge in [-0.15, -0.1) is 0 Å². The molecule has 0 saturated carbocycles. The molecule has 1 unspecified atom stereocenters. The molecule has 6 aliphatic rings. The van der Waals surface area contributed by atoms with Gasteiger partial charge < -0.3 is 52.0 Å². The topological polar surface area (TPSA) is 278 Å². The number of hydrogen-bond donors (Lipinski definition) is 8. The average Bonchev–Trinajstić information content (AvgIpc) is 1.62. The Morgan fingerprint density at radius 3 is 1.43 bits per heavy atom. The van der Waals surface area contributed by atoms with Gasteiger partial charge in [-0.1, -0.05) is 33.9 Å². The van der Waals surface area contributed by atoms with E-state index in [1.54, 1.807) is 36.4 Å². The number of amides is 6. The van der Waals surface area contributed by atoms with Crippen LogP contribution in [0.1, 0.15) is 117 Å². The van der Waals surface area contributed by atoms with Crippen LogP contribution >= 0.6 is 33.9 Å². The molecule has 5 atom stereocenters. The van der Waals surface area contributed by atoms with Gasteiger partial charge in [-0.25, -0.2) is 18.0 Å². The van der Waals surface area contributed by atoms with Crippen LogP contribution in [0.5, 0.6) is 11.5 Å². The molecule has 494 valence electrons. The second-order valence-corrected chi connectivity index (χ2v) is 29.1. The number of sulfonamides is 1. The Morgan fingerprint density at radius 1 is 0.598 bits per heavy atom. The highest BCUT2D eigenvalue weighted by atomic mass is 35.5. The lowest BCUT2D eigenvalue weighted by Crippen LogP contribution is -2.50. The maximum atomic E-state index is 13.7. The van der Waals surface area contributed by atoms with Crippen LogP contribution in [0.4, 0.5) is 9.59 Å². The number of halogens is 2. The first-order chi connectivity index (χ1) is 44.7. The number of nitrogens with one attached hydrogen (secondary N) is 8. The van der Waals surface area contributed by atoms with Gasteiger partial charge in [0.05, 0.1) is 40.2 Å². The molecule has 4 fully saturated rings. The van der Waals surface area contributed by atoms with Crippen LogP contribution in [0.3, 0.4) is 0 Å². The molecule has 4 aromatic carbocycles. The van der Waals surface area contributed by atoms with Crippen molar-refractivity contribution in [3.8, 4) is 23.6 Å². The maximum Gasteiger partial charge on any atom is 0.314 e. The van der Waals surface area contributed by atoms with E-state index in [2.05, 4.69) is 93.2 Å². The van der Waals surface area contributed by atoms with Crippen LogP contribution < -0.4 is 52.0 Å². The molecule has 10 rings (SSSR count). The van der Waals surface area contributed by atoms with Crippen molar-refractivity contribution in [1.29, 1.82) is 10.5 Å². The standard InChI is InChI=1S/C66H86Cl2N14O8S2/c1-2-91(53-13-9-51(10-14-53)89-63-57-39-47(67)37-45(43-69)55(57)41-59(63)79-33-25-71-26-34-79)81-29-17-49(18-30-81)77-61(83)7-5-23-75-65(85)73-21-3-4-22-74-66(86)76-24-6-8-62(84)78-50-19-31-82(32-20-50)92(87,88)54-15-11-52(12-16-54)90-64-58-40-48(68)38-46(44-70)56(58)42-60(64)80-35-27-72-28-36-80/h2,9-16,37-40,49-50,59-60,63-64,71-72H,3-8,17-36,41-42H2,1H3,(H,77,83)(H,78,84)(H2,73,75,85)(H2,74,76,86)/t59-,60-,63-,64-,91?/m0/s1. The fourth-order valence-electron chi connectivity index (χ4n) is 13.4. The molecule has 0 spiro atoms. The number of nitriles is 2. The molecule has 92 heavy (non-hydrogen) atoms. The Balaban J connectivity index is 0.535. The van der Waals surface area contributed by atoms with Crippen LogP contribution in [0, 0.1) is 22.7 Å². The quantitative estimate of drug-likeness (QED) is 0.0260. The third-order valence-electron chi connectivity index (χ3n) is 18.2. The second-order valence-electron chi connectivity index (χ2n) is 24.2. The van der Waals surface area contributed by atoms with E-state index in [1.807, 2.05) is 24.3 Å². The van der Waals surface area contributed by atoms with Gasteiger partial charge in [0.2, 0.25) is 21.8 Å². The number of rotatable bonds is 25. The van der Waals surface area contributed by atoms with Gasteiger partial charge >= 0.3 is 12.1 Å². The first-order valence-electron chi connectivity index (χ1n) is 32.5. The van der Waals surface area contributed by atoms with Gasteiger partial charge in [0.25, 0.3) is 0 Å². The van der Waals surface area contributed by atoms with Gasteiger partial charge in [-0.2, -0.15) is 14.8 Å². The lowest BCUT2D eigenvalue weighted by Gasteiger charge is -2.36. The number of urea groups is 2. The third kappa shape index (κ3) is 17.8. The number of fused-ring (bicyclic) bond motifs is 2. The Bertz CT molecular complexity index is 3450. The van der Waals surface area contributed by atoms with Crippen LogP contribution in [0.15, 0.2) is 82.6 Å². The summed E-state index contributed by atoms with van der Waals surface area (Å²) in [4.78, 5) is 56.7. The number of benzene rings is 4. The molecule has 2 aliphatic carbocycles. The van der Waals surface area contributed by atoms with Crippen molar-refractivity contribution < 1.29 is 37.1 Å². The highest BCUT2D eigenvalue weighted by Crippen LogP contribution is 2.44. The van der Waals surface area contributed by atoms with E-state index < -0.39 is 10.0 Å². The molecule has 4 aliphatic heterocycles. The summed E-state index contributed by atoms with van der Waals surface area (Å²) in [5.74, 6) is 1.11. The number of nitrogens with zero attached hydrogens (tertiary/aromatic N) is 6. The van der Waals surface area contributed by atoms with Crippen molar-refractivity contribution in [2.45, 2.75) is 130 Å². The van der Waals surface area contributed by atoms with E-state index in [4.69, 9.17) is 32.7 Å². The minimum absolute atomic E-state index is 0.00566. The summed E-state index contributed by atoms with van der Waals surface area (Å²) in [6, 6.07) is 26.2. The van der Waals surface area contributed by atoms with Crippen molar-refractivity contribution in [3.63, 3.8) is 0 Å². The van der Waals surface area contributed by atoms with Crippen LogP contribution in [-0.4, -0.2) is 185 Å². The van der Waals surface area contributed by atoms with Gasteiger partial charge in [0, 0.05) is 145 Å². The molecule has 6 amide bonds. The minimum atomic E-state index is -3.80. The number of carbonyl (C=O) groups is 4. The zero-order chi connectivity index (χ0) is 64.6. The molecule has 0 radical (unpaired) electrons. The van der Waals surface area contributed by atoms with Crippen molar-refractivity contribution in [2.24, 2.45) is 0 Å². The van der Waals surface area contributed by atoms with E-state index in [9.17, 15) is 38.1 Å².